The number of aryl methyl sites for hydroxylation is 2. The first-order valence-electron chi connectivity index (χ1n) is 8.80. The van der Waals surface area contributed by atoms with Gasteiger partial charge in [0, 0.05) is 17.5 Å². The summed E-state index contributed by atoms with van der Waals surface area (Å²) >= 11 is 7.54. The van der Waals surface area contributed by atoms with Crippen LogP contribution in [0.2, 0.25) is 5.02 Å². The van der Waals surface area contributed by atoms with Crippen LogP contribution in [-0.2, 0) is 7.05 Å². The average molecular weight is 428 g/mol. The topological polar surface area (TPSA) is 65.4 Å². The van der Waals surface area contributed by atoms with Gasteiger partial charge in [-0.3, -0.25) is 9.48 Å². The molecular weight excluding hydrogens is 410 g/mol. The van der Waals surface area contributed by atoms with Gasteiger partial charge in [0.25, 0.3) is 5.91 Å². The lowest BCUT2D eigenvalue weighted by Gasteiger charge is -2.13. The molecule has 0 bridgehead atoms. The fourth-order valence-corrected chi connectivity index (χ4v) is 4.15. The Balaban J connectivity index is 1.60. The number of ether oxygens (including phenoxy) is 2. The molecule has 8 heteroatoms. The zero-order chi connectivity index (χ0) is 20.5. The molecule has 4 aromatic rings. The number of thiophene rings is 1. The number of amides is 1. The summed E-state index contributed by atoms with van der Waals surface area (Å²) in [5.74, 6) is 1.61. The normalized spacial score (nSPS) is 10.9. The molecule has 148 valence electrons. The third-order valence-electron chi connectivity index (χ3n) is 4.40. The lowest BCUT2D eigenvalue weighted by Crippen LogP contribution is -2.11. The number of hydrogen-bond donors (Lipinski definition) is 1. The van der Waals surface area contributed by atoms with Gasteiger partial charge in [-0.25, -0.2) is 0 Å². The first kappa shape index (κ1) is 19.3. The Morgan fingerprint density at radius 2 is 1.86 bits per heavy atom. The van der Waals surface area contributed by atoms with Crippen molar-refractivity contribution in [3.8, 4) is 17.2 Å². The number of carbonyl (C=O) groups excluding carboxylic acids is 1. The molecule has 0 spiro atoms. The summed E-state index contributed by atoms with van der Waals surface area (Å²) in [6, 6.07) is 14.1. The Morgan fingerprint density at radius 3 is 2.55 bits per heavy atom. The maximum atomic E-state index is 12.9. The molecule has 0 fully saturated rings. The fraction of sp³-hybridized carbons (Fsp3) is 0.143. The van der Waals surface area contributed by atoms with Gasteiger partial charge in [-0.15, -0.1) is 11.3 Å². The van der Waals surface area contributed by atoms with Crippen molar-refractivity contribution < 1.29 is 14.3 Å². The third-order valence-corrected chi connectivity index (χ3v) is 5.83. The predicted octanol–water partition coefficient (Wildman–Crippen LogP) is 5.65. The van der Waals surface area contributed by atoms with Gasteiger partial charge in [0.1, 0.15) is 16.3 Å². The van der Waals surface area contributed by atoms with Crippen molar-refractivity contribution in [3.05, 3.63) is 64.1 Å². The number of methoxy groups -OCH3 is 1. The number of anilines is 1. The van der Waals surface area contributed by atoms with Crippen LogP contribution < -0.4 is 14.8 Å². The van der Waals surface area contributed by atoms with Crippen molar-refractivity contribution in [1.82, 2.24) is 9.78 Å². The fourth-order valence-electron chi connectivity index (χ4n) is 2.96. The van der Waals surface area contributed by atoms with Crippen molar-refractivity contribution in [2.45, 2.75) is 6.92 Å². The molecule has 29 heavy (non-hydrogen) atoms. The van der Waals surface area contributed by atoms with Crippen molar-refractivity contribution in [2.75, 3.05) is 12.4 Å². The Hall–Kier alpha value is -3.03. The lowest BCUT2D eigenvalue weighted by atomic mass is 10.2. The van der Waals surface area contributed by atoms with Crippen molar-refractivity contribution >= 4 is 44.7 Å². The van der Waals surface area contributed by atoms with Crippen LogP contribution in [-0.4, -0.2) is 22.8 Å². The SMILES string of the molecule is COc1ccc(Oc2ccc(Cl)cc2NC(=O)c2cc3c(C)nn(C)c3s2)cc1. The first-order valence-corrected chi connectivity index (χ1v) is 10.00. The standard InChI is InChI=1S/C21H18ClN3O3S/c1-12-16-11-19(29-21(16)25(2)24-12)20(26)23-17-10-13(22)4-9-18(17)28-15-7-5-14(27-3)6-8-15/h4-11H,1-3H3,(H,23,26). The van der Waals surface area contributed by atoms with Gasteiger partial charge in [0.2, 0.25) is 0 Å². The molecule has 6 nitrogen and oxygen atoms in total. The molecule has 2 aromatic carbocycles. The molecule has 0 aliphatic carbocycles. The molecule has 1 N–H and O–H groups in total. The summed E-state index contributed by atoms with van der Waals surface area (Å²) in [5, 5.41) is 8.75. The quantitative estimate of drug-likeness (QED) is 0.447. The highest BCUT2D eigenvalue weighted by Crippen LogP contribution is 2.34. The number of nitrogens with one attached hydrogen (secondary N) is 1. The minimum absolute atomic E-state index is 0.229. The Morgan fingerprint density at radius 1 is 1.14 bits per heavy atom. The van der Waals surface area contributed by atoms with Gasteiger partial charge >= 0.3 is 0 Å². The maximum absolute atomic E-state index is 12.9. The van der Waals surface area contributed by atoms with Gasteiger partial charge in [0.05, 0.1) is 23.4 Å². The molecule has 0 radical (unpaired) electrons. The second-order valence-electron chi connectivity index (χ2n) is 6.41. The number of rotatable bonds is 5. The molecule has 2 aromatic heterocycles. The molecule has 2 heterocycles. The minimum Gasteiger partial charge on any atom is -0.497 e. The second kappa shape index (κ2) is 7.77. The lowest BCUT2D eigenvalue weighted by molar-refractivity contribution is 0.103. The van der Waals surface area contributed by atoms with E-state index in [0.717, 1.165) is 21.7 Å². The van der Waals surface area contributed by atoms with E-state index in [-0.39, 0.29) is 5.91 Å². The molecule has 0 unspecified atom stereocenters. The number of benzene rings is 2. The predicted molar refractivity (Wildman–Crippen MR) is 116 cm³/mol. The smallest absolute Gasteiger partial charge is 0.265 e. The van der Waals surface area contributed by atoms with Gasteiger partial charge in [-0.1, -0.05) is 11.6 Å². The van der Waals surface area contributed by atoms with Crippen LogP contribution in [0.15, 0.2) is 48.5 Å². The van der Waals surface area contributed by atoms with Gasteiger partial charge < -0.3 is 14.8 Å². The number of halogens is 1. The summed E-state index contributed by atoms with van der Waals surface area (Å²) < 4.78 is 12.9. The monoisotopic (exact) mass is 427 g/mol. The Bertz CT molecular complexity index is 1160. The number of aromatic nitrogens is 2. The number of fused-ring (bicyclic) bond motifs is 1. The van der Waals surface area contributed by atoms with E-state index in [0.29, 0.717) is 27.1 Å². The third kappa shape index (κ3) is 3.92. The minimum atomic E-state index is -0.229. The van der Waals surface area contributed by atoms with Crippen molar-refractivity contribution in [1.29, 1.82) is 0 Å². The van der Waals surface area contributed by atoms with E-state index in [2.05, 4.69) is 10.4 Å². The van der Waals surface area contributed by atoms with Gasteiger partial charge in [-0.05, 0) is 55.5 Å². The highest BCUT2D eigenvalue weighted by Gasteiger charge is 2.17. The average Bonchev–Trinajstić information content (AvgIpc) is 3.26. The van der Waals surface area contributed by atoms with Crippen molar-refractivity contribution in [2.24, 2.45) is 7.05 Å². The molecule has 4 rings (SSSR count). The Labute approximate surface area is 176 Å². The number of hydrogen-bond acceptors (Lipinski definition) is 5. The zero-order valence-electron chi connectivity index (χ0n) is 16.0. The molecular formula is C21H18ClN3O3S. The van der Waals surface area contributed by atoms with Crippen LogP contribution in [0.4, 0.5) is 5.69 Å². The van der Waals surface area contributed by atoms with Crippen LogP contribution in [0.25, 0.3) is 10.2 Å². The first-order chi connectivity index (χ1) is 13.9. The molecule has 1 amide bonds. The molecule has 0 aliphatic heterocycles. The van der Waals surface area contributed by atoms with Gasteiger partial charge in [0.15, 0.2) is 5.75 Å². The number of nitrogens with zero attached hydrogens (tertiary/aromatic N) is 2. The molecule has 0 aliphatic rings. The van der Waals surface area contributed by atoms with E-state index in [4.69, 9.17) is 21.1 Å². The van der Waals surface area contributed by atoms with Crippen LogP contribution in [0.3, 0.4) is 0 Å². The molecule has 0 saturated carbocycles. The zero-order valence-corrected chi connectivity index (χ0v) is 17.6. The molecule has 0 saturated heterocycles. The van der Waals surface area contributed by atoms with E-state index < -0.39 is 0 Å². The summed E-state index contributed by atoms with van der Waals surface area (Å²) in [6.45, 7) is 1.93. The highest BCUT2D eigenvalue weighted by molar-refractivity contribution is 7.20. The van der Waals surface area contributed by atoms with Crippen LogP contribution >= 0.6 is 22.9 Å². The molecule has 0 atom stereocenters. The number of carbonyl (C=O) groups is 1. The summed E-state index contributed by atoms with van der Waals surface area (Å²) in [4.78, 5) is 14.4. The Kier molecular flexibility index (Phi) is 5.17. The van der Waals surface area contributed by atoms with E-state index in [1.165, 1.54) is 11.3 Å². The van der Waals surface area contributed by atoms with E-state index in [1.54, 1.807) is 54.3 Å². The summed E-state index contributed by atoms with van der Waals surface area (Å²) in [6.07, 6.45) is 0. The van der Waals surface area contributed by atoms with Crippen LogP contribution in [0.5, 0.6) is 17.2 Å². The van der Waals surface area contributed by atoms with Crippen molar-refractivity contribution in [3.63, 3.8) is 0 Å². The largest absolute Gasteiger partial charge is 0.497 e. The van der Waals surface area contributed by atoms with Crippen LogP contribution in [0, 0.1) is 6.92 Å². The van der Waals surface area contributed by atoms with E-state index in [9.17, 15) is 4.79 Å². The van der Waals surface area contributed by atoms with Gasteiger partial charge in [-0.2, -0.15) is 5.10 Å². The second-order valence-corrected chi connectivity index (χ2v) is 7.88. The van der Waals surface area contributed by atoms with E-state index >= 15 is 0 Å². The summed E-state index contributed by atoms with van der Waals surface area (Å²) in [5.41, 5.74) is 1.38. The van der Waals surface area contributed by atoms with E-state index in [1.807, 2.05) is 20.0 Å². The summed E-state index contributed by atoms with van der Waals surface area (Å²) in [7, 11) is 3.47. The maximum Gasteiger partial charge on any atom is 0.265 e. The highest BCUT2D eigenvalue weighted by atomic mass is 35.5. The van der Waals surface area contributed by atoms with Crippen LogP contribution in [0.1, 0.15) is 15.4 Å².